The van der Waals surface area contributed by atoms with Crippen LogP contribution >= 0.6 is 0 Å². The highest BCUT2D eigenvalue weighted by Gasteiger charge is 2.70. The summed E-state index contributed by atoms with van der Waals surface area (Å²) in [6.07, 6.45) is 7.71. The maximum absolute atomic E-state index is 4.54. The van der Waals surface area contributed by atoms with E-state index in [1.165, 1.54) is 50.0 Å². The molecule has 0 unspecified atom stereocenters. The Morgan fingerprint density at radius 2 is 1.65 bits per heavy atom. The molecule has 4 saturated heterocycles. The molecule has 4 nitrogen and oxygen atoms in total. The Morgan fingerprint density at radius 1 is 1.00 bits per heavy atom. The Hall–Kier alpha value is -1.13. The number of fused-ring (bicyclic) bond motifs is 9. The van der Waals surface area contributed by atoms with Crippen LogP contribution in [0.15, 0.2) is 24.8 Å². The molecule has 4 aliphatic heterocycles. The molecule has 4 rings (SSSR count). The van der Waals surface area contributed by atoms with E-state index in [2.05, 4.69) is 54.2 Å². The van der Waals surface area contributed by atoms with Gasteiger partial charge in [-0.2, -0.15) is 0 Å². The maximum atomic E-state index is 4.54. The lowest BCUT2D eigenvalue weighted by atomic mass is 9.38. The lowest BCUT2D eigenvalue weighted by molar-refractivity contribution is -0.00665. The molecule has 0 saturated carbocycles. The minimum Gasteiger partial charge on any atom is -0.387 e. The Morgan fingerprint density at radius 3 is 2.39 bits per heavy atom. The fourth-order valence-electron chi connectivity index (χ4n) is 5.83. The van der Waals surface area contributed by atoms with Gasteiger partial charge < -0.3 is 19.4 Å². The van der Waals surface area contributed by atoms with Crippen LogP contribution < -0.4 is 0 Å². The summed E-state index contributed by atoms with van der Waals surface area (Å²) >= 11 is 0. The molecule has 7 heteroatoms. The van der Waals surface area contributed by atoms with Crippen molar-refractivity contribution in [2.24, 2.45) is 0 Å². The first-order chi connectivity index (χ1) is 10.9. The average molecular weight is 310 g/mol. The molecule has 0 spiro atoms. The second-order valence-corrected chi connectivity index (χ2v) is 8.10. The zero-order valence-electron chi connectivity index (χ0n) is 15.1. The number of nitrogens with zero attached hydrogens (tertiary/aromatic N) is 4. The van der Waals surface area contributed by atoms with E-state index in [4.69, 9.17) is 0 Å². The SMILES string of the molecule is BB1CCCCN2C(=C)N1[C@@]1(C)N3BCCCCN(C3=C)[C@@]21C. The highest BCUT2D eigenvalue weighted by Crippen LogP contribution is 2.57. The van der Waals surface area contributed by atoms with Gasteiger partial charge in [0.2, 0.25) is 14.2 Å². The normalized spacial score (nSPS) is 37.2. The molecule has 0 aromatic rings. The van der Waals surface area contributed by atoms with E-state index in [1.807, 2.05) is 0 Å². The van der Waals surface area contributed by atoms with Crippen molar-refractivity contribution in [1.82, 2.24) is 19.4 Å². The molecule has 2 atom stereocenters. The number of rotatable bonds is 0. The monoisotopic (exact) mass is 310 g/mol. The summed E-state index contributed by atoms with van der Waals surface area (Å²) in [4.78, 5) is 10.4. The van der Waals surface area contributed by atoms with Crippen LogP contribution in [0.4, 0.5) is 0 Å². The van der Waals surface area contributed by atoms with Crippen molar-refractivity contribution >= 4 is 21.9 Å². The Bertz CT molecular complexity index is 555. The Balaban J connectivity index is 1.91. The van der Waals surface area contributed by atoms with Crippen LogP contribution in [0.25, 0.3) is 0 Å². The van der Waals surface area contributed by atoms with E-state index in [0.29, 0.717) is 6.74 Å². The molecule has 4 heterocycles. The second kappa shape index (κ2) is 4.94. The molecule has 0 aromatic heterocycles. The molecule has 0 amide bonds. The summed E-state index contributed by atoms with van der Waals surface area (Å²) < 4.78 is 0. The van der Waals surface area contributed by atoms with E-state index in [-0.39, 0.29) is 11.3 Å². The summed E-state index contributed by atoms with van der Waals surface area (Å²) in [7, 11) is 3.50. The molecule has 4 aliphatic rings. The van der Waals surface area contributed by atoms with Gasteiger partial charge in [-0.3, -0.25) is 0 Å². The van der Waals surface area contributed by atoms with Crippen molar-refractivity contribution in [3.8, 4) is 0 Å². The van der Waals surface area contributed by atoms with E-state index in [9.17, 15) is 0 Å². The van der Waals surface area contributed by atoms with Crippen LogP contribution in [0, 0.1) is 0 Å². The maximum Gasteiger partial charge on any atom is 0.240 e. The van der Waals surface area contributed by atoms with Gasteiger partial charge in [0, 0.05) is 13.1 Å². The molecule has 4 bridgehead atoms. The summed E-state index contributed by atoms with van der Waals surface area (Å²) in [5.41, 5.74) is -0.112. The highest BCUT2D eigenvalue weighted by molar-refractivity contribution is 7.01. The number of hydrogen-bond acceptors (Lipinski definition) is 4. The minimum atomic E-state index is -0.0603. The van der Waals surface area contributed by atoms with Gasteiger partial charge in [0.25, 0.3) is 0 Å². The fourth-order valence-corrected chi connectivity index (χ4v) is 5.83. The molecular formula is C16H29B3N4. The quantitative estimate of drug-likeness (QED) is 0.621. The molecular weight excluding hydrogens is 281 g/mol. The van der Waals surface area contributed by atoms with Gasteiger partial charge in [-0.15, -0.1) is 0 Å². The average Bonchev–Trinajstić information content (AvgIpc) is 2.77. The van der Waals surface area contributed by atoms with Crippen molar-refractivity contribution in [3.05, 3.63) is 24.8 Å². The predicted octanol–water partition coefficient (Wildman–Crippen LogP) is 1.08. The topological polar surface area (TPSA) is 13.0 Å². The van der Waals surface area contributed by atoms with Crippen LogP contribution in [-0.2, 0) is 0 Å². The second-order valence-electron chi connectivity index (χ2n) is 8.10. The van der Waals surface area contributed by atoms with Crippen LogP contribution in [0.3, 0.4) is 0 Å². The van der Waals surface area contributed by atoms with Gasteiger partial charge in [-0.25, -0.2) is 0 Å². The number of hydrogen-bond donors (Lipinski definition) is 0. The van der Waals surface area contributed by atoms with E-state index < -0.39 is 0 Å². The van der Waals surface area contributed by atoms with E-state index in [1.54, 1.807) is 0 Å². The summed E-state index contributed by atoms with van der Waals surface area (Å²) in [6, 6.07) is 0. The van der Waals surface area contributed by atoms with Crippen LogP contribution in [0.1, 0.15) is 39.5 Å². The first-order valence-corrected chi connectivity index (χ1v) is 9.44. The van der Waals surface area contributed by atoms with Crippen molar-refractivity contribution in [1.29, 1.82) is 0 Å². The molecule has 0 aromatic carbocycles. The summed E-state index contributed by atoms with van der Waals surface area (Å²) in [5, 5.41) is 0. The first kappa shape index (κ1) is 15.4. The van der Waals surface area contributed by atoms with Crippen molar-refractivity contribution < 1.29 is 0 Å². The molecule has 4 fully saturated rings. The third-order valence-electron chi connectivity index (χ3n) is 7.11. The third kappa shape index (κ3) is 1.66. The Kier molecular flexibility index (Phi) is 3.31. The van der Waals surface area contributed by atoms with Gasteiger partial charge in [-0.05, 0) is 26.7 Å². The zero-order valence-corrected chi connectivity index (χ0v) is 15.1. The van der Waals surface area contributed by atoms with Crippen LogP contribution in [-0.4, -0.2) is 65.7 Å². The molecule has 122 valence electrons. The van der Waals surface area contributed by atoms with Gasteiger partial charge in [0.1, 0.15) is 13.4 Å². The molecule has 0 N–H and O–H groups in total. The summed E-state index contributed by atoms with van der Waals surface area (Å²) in [5.74, 6) is 2.45. The van der Waals surface area contributed by atoms with Gasteiger partial charge in [0.05, 0.1) is 11.6 Å². The smallest absolute Gasteiger partial charge is 0.240 e. The van der Waals surface area contributed by atoms with Crippen molar-refractivity contribution in [2.75, 3.05) is 13.1 Å². The highest BCUT2D eigenvalue weighted by atomic mass is 15.7. The lowest BCUT2D eigenvalue weighted by Crippen LogP contribution is -2.67. The van der Waals surface area contributed by atoms with Gasteiger partial charge >= 0.3 is 0 Å². The predicted molar refractivity (Wildman–Crippen MR) is 102 cm³/mol. The van der Waals surface area contributed by atoms with Gasteiger partial charge in [-0.1, -0.05) is 38.6 Å². The molecule has 0 radical (unpaired) electrons. The third-order valence-corrected chi connectivity index (χ3v) is 7.11. The van der Waals surface area contributed by atoms with Crippen molar-refractivity contribution in [2.45, 2.75) is 63.5 Å². The van der Waals surface area contributed by atoms with E-state index >= 15 is 0 Å². The van der Waals surface area contributed by atoms with Gasteiger partial charge in [0.15, 0.2) is 5.66 Å². The largest absolute Gasteiger partial charge is 0.387 e. The fraction of sp³-hybridized carbons (Fsp3) is 0.750. The first-order valence-electron chi connectivity index (χ1n) is 9.44. The van der Waals surface area contributed by atoms with E-state index in [0.717, 1.165) is 20.5 Å². The molecule has 0 aliphatic carbocycles. The zero-order chi connectivity index (χ0) is 16.4. The van der Waals surface area contributed by atoms with Crippen LogP contribution in [0.2, 0.25) is 12.6 Å². The molecule has 23 heavy (non-hydrogen) atoms. The minimum absolute atomic E-state index is 0.0515. The van der Waals surface area contributed by atoms with Crippen molar-refractivity contribution in [3.63, 3.8) is 0 Å². The standard InChI is InChI=1S/C16H29B3N4/c1-13-20-11-7-5-9-18-22(13)16(4)15(20,3)21-12-8-6-10-19(17)23(16)14(21)2/h18H,1-2,5-12,17H2,3-4H3/t15-,16+/m0/s1. The van der Waals surface area contributed by atoms with Crippen LogP contribution in [0.5, 0.6) is 0 Å². The Labute approximate surface area is 143 Å². The summed E-state index contributed by atoms with van der Waals surface area (Å²) in [6.45, 7) is 16.7. The lowest BCUT2D eigenvalue weighted by Gasteiger charge is -2.48.